The summed E-state index contributed by atoms with van der Waals surface area (Å²) in [5, 5.41) is 0. The van der Waals surface area contributed by atoms with Gasteiger partial charge in [-0.15, -0.1) is 0 Å². The lowest BCUT2D eigenvalue weighted by molar-refractivity contribution is -0.118. The van der Waals surface area contributed by atoms with E-state index < -0.39 is 11.7 Å². The van der Waals surface area contributed by atoms with Gasteiger partial charge in [-0.25, -0.2) is 4.79 Å². The molecule has 0 radical (unpaired) electrons. The van der Waals surface area contributed by atoms with E-state index in [0.717, 1.165) is 12.8 Å². The molecule has 0 aromatic carbocycles. The lowest BCUT2D eigenvalue weighted by Crippen LogP contribution is -2.42. The smallest absolute Gasteiger partial charge is 0.410 e. The third kappa shape index (κ3) is 3.88. The highest BCUT2D eigenvalue weighted by molar-refractivity contribution is 5.96. The van der Waals surface area contributed by atoms with E-state index in [4.69, 9.17) is 4.74 Å². The Morgan fingerprint density at radius 1 is 1.35 bits per heavy atom. The van der Waals surface area contributed by atoms with Crippen molar-refractivity contribution in [3.05, 3.63) is 12.2 Å². The van der Waals surface area contributed by atoms with Crippen LogP contribution >= 0.6 is 0 Å². The molecule has 1 rings (SSSR count). The molecule has 0 aliphatic carbocycles. The molecular formula is C13H21NO3. The Bertz CT molecular complexity index is 328. The molecule has 1 aliphatic rings. The van der Waals surface area contributed by atoms with Gasteiger partial charge in [0.05, 0.1) is 6.04 Å². The zero-order valence-corrected chi connectivity index (χ0v) is 11.0. The quantitative estimate of drug-likeness (QED) is 0.696. The number of hydrogen-bond acceptors (Lipinski definition) is 3. The second kappa shape index (κ2) is 5.34. The predicted octanol–water partition coefficient (Wildman–Crippen LogP) is 2.53. The highest BCUT2D eigenvalue weighted by Gasteiger charge is 2.35. The van der Waals surface area contributed by atoms with E-state index in [2.05, 4.69) is 0 Å². The minimum absolute atomic E-state index is 0.0177. The van der Waals surface area contributed by atoms with Crippen molar-refractivity contribution in [3.63, 3.8) is 0 Å². The first-order valence-electron chi connectivity index (χ1n) is 6.01. The van der Waals surface area contributed by atoms with Crippen molar-refractivity contribution < 1.29 is 14.3 Å². The van der Waals surface area contributed by atoms with E-state index in [1.807, 2.05) is 20.8 Å². The lowest BCUT2D eigenvalue weighted by atomic mass is 10.1. The van der Waals surface area contributed by atoms with Crippen LogP contribution in [0.4, 0.5) is 4.79 Å². The first kappa shape index (κ1) is 13.7. The number of carbonyl (C=O) groups is 2. The van der Waals surface area contributed by atoms with E-state index in [-0.39, 0.29) is 11.8 Å². The number of nitrogens with zero attached hydrogens (tertiary/aromatic N) is 1. The van der Waals surface area contributed by atoms with Crippen molar-refractivity contribution in [1.82, 2.24) is 4.90 Å². The highest BCUT2D eigenvalue weighted by Crippen LogP contribution is 2.21. The molecule has 1 fully saturated rings. The maximum Gasteiger partial charge on any atom is 0.410 e. The molecule has 1 atom stereocenters. The number of likely N-dealkylation sites (tertiary alicyclic amines) is 1. The largest absolute Gasteiger partial charge is 0.444 e. The fourth-order valence-corrected chi connectivity index (χ4v) is 1.88. The molecule has 96 valence electrons. The van der Waals surface area contributed by atoms with Crippen LogP contribution in [0.1, 0.15) is 40.5 Å². The summed E-state index contributed by atoms with van der Waals surface area (Å²) in [6, 6.07) is -0.346. The number of hydrogen-bond donors (Lipinski definition) is 0. The van der Waals surface area contributed by atoms with E-state index in [1.165, 1.54) is 11.0 Å². The number of rotatable bonds is 2. The van der Waals surface area contributed by atoms with E-state index in [0.29, 0.717) is 6.54 Å². The zero-order chi connectivity index (χ0) is 13.1. The summed E-state index contributed by atoms with van der Waals surface area (Å²) in [5.74, 6) is -0.0177. The minimum Gasteiger partial charge on any atom is -0.444 e. The standard InChI is InChI=1S/C13H21NO3/c1-5-7-11(15)10-8-6-9-14(10)12(16)17-13(2,3)4/h5,7,10H,6,8-9H2,1-4H3. The molecule has 1 aliphatic heterocycles. The summed E-state index contributed by atoms with van der Waals surface area (Å²) in [4.78, 5) is 25.2. The monoisotopic (exact) mass is 239 g/mol. The van der Waals surface area contributed by atoms with E-state index in [9.17, 15) is 9.59 Å². The van der Waals surface area contributed by atoms with Gasteiger partial charge in [-0.05, 0) is 46.6 Å². The molecule has 1 saturated heterocycles. The van der Waals surface area contributed by atoms with E-state index in [1.54, 1.807) is 13.0 Å². The molecule has 0 aromatic rings. The molecule has 1 heterocycles. The number of ketones is 1. The van der Waals surface area contributed by atoms with Gasteiger partial charge in [0.2, 0.25) is 0 Å². The lowest BCUT2D eigenvalue weighted by Gasteiger charge is -2.27. The first-order chi connectivity index (χ1) is 7.85. The average molecular weight is 239 g/mol. The molecule has 0 saturated carbocycles. The molecule has 1 amide bonds. The van der Waals surface area contributed by atoms with Crippen molar-refractivity contribution in [3.8, 4) is 0 Å². The second-order valence-corrected chi connectivity index (χ2v) is 5.23. The van der Waals surface area contributed by atoms with Crippen LogP contribution in [0.15, 0.2) is 12.2 Å². The van der Waals surface area contributed by atoms with Crippen molar-refractivity contribution >= 4 is 11.9 Å². The molecule has 4 nitrogen and oxygen atoms in total. The average Bonchev–Trinajstić information content (AvgIpc) is 2.63. The van der Waals surface area contributed by atoms with Crippen LogP contribution in [-0.4, -0.2) is 35.0 Å². The maximum atomic E-state index is 11.9. The van der Waals surface area contributed by atoms with Gasteiger partial charge < -0.3 is 4.74 Å². The van der Waals surface area contributed by atoms with Crippen molar-refractivity contribution in [2.75, 3.05) is 6.54 Å². The Balaban J connectivity index is 2.69. The Hall–Kier alpha value is -1.32. The van der Waals surface area contributed by atoms with Gasteiger partial charge in [-0.1, -0.05) is 6.08 Å². The third-order valence-corrected chi connectivity index (χ3v) is 2.54. The molecule has 0 N–H and O–H groups in total. The molecule has 17 heavy (non-hydrogen) atoms. The van der Waals surface area contributed by atoms with Crippen LogP contribution in [-0.2, 0) is 9.53 Å². The highest BCUT2D eigenvalue weighted by atomic mass is 16.6. The van der Waals surface area contributed by atoms with Gasteiger partial charge in [0.1, 0.15) is 5.60 Å². The van der Waals surface area contributed by atoms with Crippen LogP contribution in [0.3, 0.4) is 0 Å². The summed E-state index contributed by atoms with van der Waals surface area (Å²) in [7, 11) is 0. The van der Waals surface area contributed by atoms with Gasteiger partial charge in [0, 0.05) is 6.54 Å². The van der Waals surface area contributed by atoms with Crippen LogP contribution in [0.2, 0.25) is 0 Å². The Labute approximate surface area is 103 Å². The fraction of sp³-hybridized carbons (Fsp3) is 0.692. The number of carbonyl (C=O) groups excluding carboxylic acids is 2. The number of amides is 1. The molecule has 4 heteroatoms. The van der Waals surface area contributed by atoms with Crippen molar-refractivity contribution in [2.45, 2.75) is 52.2 Å². The SMILES string of the molecule is CC=CC(=O)C1CCCN1C(=O)OC(C)(C)C. The van der Waals surface area contributed by atoms with Gasteiger partial charge in [-0.3, -0.25) is 9.69 Å². The van der Waals surface area contributed by atoms with Crippen LogP contribution in [0.5, 0.6) is 0 Å². The third-order valence-electron chi connectivity index (χ3n) is 2.54. The summed E-state index contributed by atoms with van der Waals surface area (Å²) >= 11 is 0. The Kier molecular flexibility index (Phi) is 4.32. The Morgan fingerprint density at radius 2 is 2.00 bits per heavy atom. The predicted molar refractivity (Wildman–Crippen MR) is 65.8 cm³/mol. The number of allylic oxidation sites excluding steroid dienone is 1. The van der Waals surface area contributed by atoms with Gasteiger partial charge in [-0.2, -0.15) is 0 Å². The van der Waals surface area contributed by atoms with Crippen LogP contribution < -0.4 is 0 Å². The topological polar surface area (TPSA) is 46.6 Å². The van der Waals surface area contributed by atoms with Crippen molar-refractivity contribution in [2.24, 2.45) is 0 Å². The summed E-state index contributed by atoms with van der Waals surface area (Å²) in [6.45, 7) is 7.87. The van der Waals surface area contributed by atoms with Gasteiger partial charge in [0.25, 0.3) is 0 Å². The summed E-state index contributed by atoms with van der Waals surface area (Å²) < 4.78 is 5.29. The molecule has 0 spiro atoms. The summed E-state index contributed by atoms with van der Waals surface area (Å²) in [6.07, 6.45) is 4.41. The Morgan fingerprint density at radius 3 is 2.53 bits per heavy atom. The second-order valence-electron chi connectivity index (χ2n) is 5.23. The minimum atomic E-state index is -0.520. The summed E-state index contributed by atoms with van der Waals surface area (Å²) in [5.41, 5.74) is -0.520. The molecule has 0 bridgehead atoms. The van der Waals surface area contributed by atoms with Gasteiger partial charge in [0.15, 0.2) is 5.78 Å². The first-order valence-corrected chi connectivity index (χ1v) is 6.01. The molecule has 0 aromatic heterocycles. The van der Waals surface area contributed by atoms with Gasteiger partial charge >= 0.3 is 6.09 Å². The van der Waals surface area contributed by atoms with Crippen molar-refractivity contribution in [1.29, 1.82) is 0 Å². The number of ether oxygens (including phenoxy) is 1. The normalized spacial score (nSPS) is 20.9. The fourth-order valence-electron chi connectivity index (χ4n) is 1.88. The van der Waals surface area contributed by atoms with Crippen LogP contribution in [0.25, 0.3) is 0 Å². The molecule has 1 unspecified atom stereocenters. The maximum absolute atomic E-state index is 11.9. The van der Waals surface area contributed by atoms with Crippen LogP contribution in [0, 0.1) is 0 Å². The zero-order valence-electron chi connectivity index (χ0n) is 11.0. The molecular weight excluding hydrogens is 218 g/mol. The van der Waals surface area contributed by atoms with E-state index >= 15 is 0 Å².